The van der Waals surface area contributed by atoms with Gasteiger partial charge in [0.05, 0.1) is 12.2 Å². The molecular weight excluding hydrogens is 336 g/mol. The van der Waals surface area contributed by atoms with Crippen molar-refractivity contribution >= 4 is 38.1 Å². The molecule has 1 N–H and O–H groups in total. The smallest absolute Gasteiger partial charge is 0.173 e. The number of aryl methyl sites for hydroxylation is 1. The van der Waals surface area contributed by atoms with Crippen LogP contribution in [0.2, 0.25) is 0 Å². The Labute approximate surface area is 156 Å². The molecule has 0 saturated carbocycles. The lowest BCUT2D eigenvalue weighted by Gasteiger charge is -2.16. The largest absolute Gasteiger partial charge is 0.507 e. The van der Waals surface area contributed by atoms with Crippen molar-refractivity contribution < 1.29 is 14.3 Å². The molecule has 3 nitrogen and oxygen atoms in total. The highest BCUT2D eigenvalue weighted by Crippen LogP contribution is 2.41. The molecule has 5 rings (SSSR count). The normalized spacial score (nSPS) is 13.0. The topological polar surface area (TPSA) is 50.4 Å². The van der Waals surface area contributed by atoms with Crippen molar-refractivity contribution in [2.24, 2.45) is 0 Å². The standard InChI is InChI=1S/C24H18O3/c1-13-5-6-15-7-8-16-10-17(24(26)14(2)21-4-3-9-27-21)11-19-20(25)12-18(13)22(15)23(16)19/h3-12,14,25H,1-2H3. The molecule has 4 aromatic carbocycles. The minimum Gasteiger partial charge on any atom is -0.507 e. The van der Waals surface area contributed by atoms with Crippen LogP contribution in [0.3, 0.4) is 0 Å². The van der Waals surface area contributed by atoms with Crippen molar-refractivity contribution in [3.63, 3.8) is 0 Å². The molecule has 1 atom stereocenters. The van der Waals surface area contributed by atoms with Gasteiger partial charge in [-0.25, -0.2) is 0 Å². The van der Waals surface area contributed by atoms with Gasteiger partial charge in [0.15, 0.2) is 5.78 Å². The molecule has 0 amide bonds. The van der Waals surface area contributed by atoms with Gasteiger partial charge in [-0.2, -0.15) is 0 Å². The second-order valence-electron chi connectivity index (χ2n) is 7.21. The molecule has 27 heavy (non-hydrogen) atoms. The number of hydrogen-bond acceptors (Lipinski definition) is 3. The van der Waals surface area contributed by atoms with Crippen LogP contribution in [0.4, 0.5) is 0 Å². The van der Waals surface area contributed by atoms with Gasteiger partial charge < -0.3 is 9.52 Å². The summed E-state index contributed by atoms with van der Waals surface area (Å²) in [5, 5.41) is 16.7. The van der Waals surface area contributed by atoms with Crippen LogP contribution in [-0.4, -0.2) is 10.9 Å². The Morgan fingerprint density at radius 2 is 1.70 bits per heavy atom. The van der Waals surface area contributed by atoms with E-state index in [2.05, 4.69) is 18.2 Å². The molecule has 1 heterocycles. The van der Waals surface area contributed by atoms with E-state index >= 15 is 0 Å². The quantitative estimate of drug-likeness (QED) is 0.311. The Balaban J connectivity index is 1.80. The average Bonchev–Trinajstić information content (AvgIpc) is 3.22. The Hall–Kier alpha value is -3.33. The van der Waals surface area contributed by atoms with Gasteiger partial charge in [-0.05, 0) is 71.3 Å². The minimum absolute atomic E-state index is 0.0222. The van der Waals surface area contributed by atoms with Crippen LogP contribution in [0.25, 0.3) is 32.3 Å². The Morgan fingerprint density at radius 1 is 0.963 bits per heavy atom. The first-order chi connectivity index (χ1) is 13.0. The predicted molar refractivity (Wildman–Crippen MR) is 108 cm³/mol. The number of carbonyl (C=O) groups is 1. The maximum Gasteiger partial charge on any atom is 0.173 e. The molecule has 132 valence electrons. The summed E-state index contributed by atoms with van der Waals surface area (Å²) in [6.07, 6.45) is 1.58. The van der Waals surface area contributed by atoms with Gasteiger partial charge in [0.1, 0.15) is 11.5 Å². The van der Waals surface area contributed by atoms with Gasteiger partial charge in [-0.1, -0.05) is 24.3 Å². The maximum absolute atomic E-state index is 13.0. The van der Waals surface area contributed by atoms with E-state index in [9.17, 15) is 9.90 Å². The maximum atomic E-state index is 13.0. The van der Waals surface area contributed by atoms with E-state index in [4.69, 9.17) is 4.42 Å². The van der Waals surface area contributed by atoms with Crippen molar-refractivity contribution in [2.75, 3.05) is 0 Å². The Kier molecular flexibility index (Phi) is 3.28. The van der Waals surface area contributed by atoms with Gasteiger partial charge in [-0.3, -0.25) is 4.79 Å². The monoisotopic (exact) mass is 354 g/mol. The number of carbonyl (C=O) groups excluding carboxylic acids is 1. The summed E-state index contributed by atoms with van der Waals surface area (Å²) in [5.41, 5.74) is 1.70. The fourth-order valence-electron chi connectivity index (χ4n) is 4.07. The first-order valence-electron chi connectivity index (χ1n) is 9.03. The van der Waals surface area contributed by atoms with Crippen LogP contribution in [0.1, 0.15) is 34.5 Å². The van der Waals surface area contributed by atoms with Gasteiger partial charge in [0, 0.05) is 16.3 Å². The number of rotatable bonds is 3. The van der Waals surface area contributed by atoms with Gasteiger partial charge in [0.25, 0.3) is 0 Å². The molecule has 0 radical (unpaired) electrons. The van der Waals surface area contributed by atoms with Crippen LogP contribution in [0, 0.1) is 6.92 Å². The van der Waals surface area contributed by atoms with Crippen LogP contribution >= 0.6 is 0 Å². The van der Waals surface area contributed by atoms with Gasteiger partial charge >= 0.3 is 0 Å². The lowest BCUT2D eigenvalue weighted by Crippen LogP contribution is -2.09. The van der Waals surface area contributed by atoms with E-state index < -0.39 is 0 Å². The van der Waals surface area contributed by atoms with Crippen molar-refractivity contribution in [1.29, 1.82) is 0 Å². The number of furan rings is 1. The summed E-state index contributed by atoms with van der Waals surface area (Å²) in [6, 6.07) is 17.4. The van der Waals surface area contributed by atoms with Crippen LogP contribution in [-0.2, 0) is 0 Å². The molecule has 0 fully saturated rings. The predicted octanol–water partition coefficient (Wildman–Crippen LogP) is 6.18. The van der Waals surface area contributed by atoms with Crippen molar-refractivity contribution in [2.45, 2.75) is 19.8 Å². The molecule has 0 aliphatic heterocycles. The molecule has 0 spiro atoms. The first kappa shape index (κ1) is 15.9. The lowest BCUT2D eigenvalue weighted by atomic mass is 9.88. The van der Waals surface area contributed by atoms with Gasteiger partial charge in [-0.15, -0.1) is 0 Å². The van der Waals surface area contributed by atoms with Crippen LogP contribution < -0.4 is 0 Å². The highest BCUT2D eigenvalue weighted by atomic mass is 16.3. The fraction of sp³-hybridized carbons (Fsp3) is 0.125. The summed E-state index contributed by atoms with van der Waals surface area (Å²) in [4.78, 5) is 13.0. The second-order valence-corrected chi connectivity index (χ2v) is 7.21. The summed E-state index contributed by atoms with van der Waals surface area (Å²) in [7, 11) is 0. The van der Waals surface area contributed by atoms with Gasteiger partial charge in [0.2, 0.25) is 0 Å². The molecule has 0 aliphatic carbocycles. The second kappa shape index (κ2) is 5.58. The van der Waals surface area contributed by atoms with E-state index in [0.717, 1.165) is 32.5 Å². The summed E-state index contributed by atoms with van der Waals surface area (Å²) >= 11 is 0. The number of ketones is 1. The molecule has 3 heteroatoms. The molecule has 0 aliphatic rings. The zero-order valence-electron chi connectivity index (χ0n) is 15.1. The fourth-order valence-corrected chi connectivity index (χ4v) is 4.07. The van der Waals surface area contributed by atoms with Crippen LogP contribution in [0.5, 0.6) is 5.75 Å². The number of hydrogen-bond donors (Lipinski definition) is 1. The van der Waals surface area contributed by atoms with Crippen molar-refractivity contribution in [3.05, 3.63) is 77.7 Å². The Bertz CT molecular complexity index is 1310. The van der Waals surface area contributed by atoms with E-state index in [1.165, 1.54) is 0 Å². The SMILES string of the molecule is Cc1ccc2ccc3cc(C(=O)C(C)c4ccco4)cc4c(O)cc1c2c34. The van der Waals surface area contributed by atoms with Crippen molar-refractivity contribution in [1.82, 2.24) is 0 Å². The third-order valence-electron chi connectivity index (χ3n) is 5.56. The number of benzene rings is 4. The molecular formula is C24H18O3. The number of phenolic OH excluding ortho intramolecular Hbond substituents is 1. The van der Waals surface area contributed by atoms with E-state index in [1.807, 2.05) is 38.1 Å². The average molecular weight is 354 g/mol. The number of phenols is 1. The molecule has 1 unspecified atom stereocenters. The van der Waals surface area contributed by atoms with Crippen LogP contribution in [0.15, 0.2) is 65.3 Å². The molecule has 5 aromatic rings. The number of aromatic hydroxyl groups is 1. The van der Waals surface area contributed by atoms with Crippen molar-refractivity contribution in [3.8, 4) is 5.75 Å². The highest BCUT2D eigenvalue weighted by Gasteiger charge is 2.22. The highest BCUT2D eigenvalue weighted by molar-refractivity contribution is 6.26. The van der Waals surface area contributed by atoms with E-state index in [-0.39, 0.29) is 17.5 Å². The van der Waals surface area contributed by atoms with E-state index in [0.29, 0.717) is 16.7 Å². The van der Waals surface area contributed by atoms with E-state index in [1.54, 1.807) is 18.4 Å². The number of Topliss-reactive ketones (excluding diaryl/α,β-unsaturated/α-hetero) is 1. The summed E-state index contributed by atoms with van der Waals surface area (Å²) < 4.78 is 5.40. The third kappa shape index (κ3) is 2.25. The first-order valence-corrected chi connectivity index (χ1v) is 9.03. The zero-order valence-corrected chi connectivity index (χ0v) is 15.1. The molecule has 0 bridgehead atoms. The minimum atomic E-state index is -0.377. The third-order valence-corrected chi connectivity index (χ3v) is 5.56. The molecule has 0 saturated heterocycles. The molecule has 1 aromatic heterocycles. The summed E-state index contributed by atoms with van der Waals surface area (Å²) in [6.45, 7) is 3.89. The zero-order chi connectivity index (χ0) is 18.7. The lowest BCUT2D eigenvalue weighted by molar-refractivity contribution is 0.0957. The Morgan fingerprint density at radius 3 is 2.48 bits per heavy atom. The summed E-state index contributed by atoms with van der Waals surface area (Å²) in [5.74, 6) is 0.447.